The number of likely N-dealkylation sites (tertiary alicyclic amines) is 1. The zero-order valence-corrected chi connectivity index (χ0v) is 21.4. The van der Waals surface area contributed by atoms with Gasteiger partial charge in [0.25, 0.3) is 5.91 Å². The van der Waals surface area contributed by atoms with Gasteiger partial charge in [0.2, 0.25) is 10.8 Å². The quantitative estimate of drug-likeness (QED) is 0.369. The van der Waals surface area contributed by atoms with Gasteiger partial charge in [-0.2, -0.15) is 5.26 Å². The summed E-state index contributed by atoms with van der Waals surface area (Å²) in [5.41, 5.74) is 5.14. The molecule has 1 aliphatic rings. The molecule has 4 rings (SSSR count). The van der Waals surface area contributed by atoms with Crippen LogP contribution in [0.1, 0.15) is 48.5 Å². The molecule has 2 aromatic carbocycles. The van der Waals surface area contributed by atoms with Gasteiger partial charge in [-0.05, 0) is 50.5 Å². The minimum Gasteiger partial charge on any atom is -0.588 e. The van der Waals surface area contributed by atoms with Gasteiger partial charge in [-0.1, -0.05) is 11.3 Å². The SMILES string of the molecule is CC(F)(F)CCC1(O)CCN(C(=O)c2ccc(N[S+]([O-])c3cc(F)cc4sc(N)nc34)cc2C#N)CC1. The summed E-state index contributed by atoms with van der Waals surface area (Å²) in [5, 5.41) is 20.5. The maximum absolute atomic E-state index is 14.0. The molecule has 1 aliphatic heterocycles. The maximum Gasteiger partial charge on any atom is 0.255 e. The molecule has 1 aromatic heterocycles. The Morgan fingerprint density at radius 2 is 2.08 bits per heavy atom. The number of amides is 1. The number of carbonyl (C=O) groups excluding carboxylic acids is 1. The van der Waals surface area contributed by atoms with E-state index in [9.17, 15) is 32.9 Å². The van der Waals surface area contributed by atoms with Gasteiger partial charge in [0.05, 0.1) is 27.1 Å². The number of hydrogen-bond donors (Lipinski definition) is 3. The van der Waals surface area contributed by atoms with E-state index in [-0.39, 0.29) is 59.2 Å². The molecule has 0 bridgehead atoms. The van der Waals surface area contributed by atoms with Crippen LogP contribution in [0.2, 0.25) is 0 Å². The fraction of sp³-hybridized carbons (Fsp3) is 0.375. The summed E-state index contributed by atoms with van der Waals surface area (Å²) in [4.78, 5) is 18.7. The first-order valence-corrected chi connectivity index (χ1v) is 13.3. The molecule has 3 aromatic rings. The highest BCUT2D eigenvalue weighted by Gasteiger charge is 2.37. The Kier molecular flexibility index (Phi) is 7.57. The summed E-state index contributed by atoms with van der Waals surface area (Å²) in [5.74, 6) is -3.91. The number of aromatic nitrogens is 1. The summed E-state index contributed by atoms with van der Waals surface area (Å²) >= 11 is -0.880. The first-order chi connectivity index (χ1) is 17.4. The molecule has 13 heteroatoms. The molecular weight excluding hydrogens is 527 g/mol. The molecular formula is C24H24F3N5O3S2. The molecule has 196 valence electrons. The van der Waals surface area contributed by atoms with Crippen molar-refractivity contribution in [2.75, 3.05) is 23.5 Å². The van der Waals surface area contributed by atoms with Crippen LogP contribution < -0.4 is 10.5 Å². The number of alkyl halides is 2. The lowest BCUT2D eigenvalue weighted by atomic mass is 9.86. The Morgan fingerprint density at radius 3 is 2.73 bits per heavy atom. The molecule has 1 saturated heterocycles. The van der Waals surface area contributed by atoms with E-state index in [1.54, 1.807) is 0 Å². The average Bonchev–Trinajstić information content (AvgIpc) is 3.21. The maximum atomic E-state index is 14.0. The lowest BCUT2D eigenvalue weighted by Gasteiger charge is -2.38. The number of nitrogens with zero attached hydrogens (tertiary/aromatic N) is 3. The number of nitrogen functional groups attached to an aromatic ring is 1. The molecule has 1 unspecified atom stereocenters. The number of fused-ring (bicyclic) bond motifs is 1. The second-order valence-corrected chi connectivity index (χ2v) is 11.4. The fourth-order valence-electron chi connectivity index (χ4n) is 4.17. The number of halogens is 3. The van der Waals surface area contributed by atoms with Crippen LogP contribution in [0.3, 0.4) is 0 Å². The number of benzene rings is 2. The van der Waals surface area contributed by atoms with Crippen molar-refractivity contribution in [3.63, 3.8) is 0 Å². The fourth-order valence-corrected chi connectivity index (χ4v) is 6.03. The number of aliphatic hydroxyl groups is 1. The van der Waals surface area contributed by atoms with E-state index in [0.717, 1.165) is 24.3 Å². The van der Waals surface area contributed by atoms with Gasteiger partial charge in [-0.3, -0.25) is 4.79 Å². The third-order valence-corrected chi connectivity index (χ3v) is 8.20. The van der Waals surface area contributed by atoms with Crippen LogP contribution in [0.25, 0.3) is 10.2 Å². The van der Waals surface area contributed by atoms with Crippen LogP contribution in [0.15, 0.2) is 35.2 Å². The third-order valence-electron chi connectivity index (χ3n) is 6.23. The summed E-state index contributed by atoms with van der Waals surface area (Å²) in [7, 11) is 0. The van der Waals surface area contributed by atoms with Gasteiger partial charge in [-0.15, -0.1) is 0 Å². The first-order valence-electron chi connectivity index (χ1n) is 11.4. The molecule has 37 heavy (non-hydrogen) atoms. The second-order valence-electron chi connectivity index (χ2n) is 9.13. The Morgan fingerprint density at radius 1 is 1.38 bits per heavy atom. The van der Waals surface area contributed by atoms with Crippen LogP contribution in [-0.4, -0.2) is 50.1 Å². The highest BCUT2D eigenvalue weighted by Crippen LogP contribution is 2.33. The van der Waals surface area contributed by atoms with E-state index in [2.05, 4.69) is 9.71 Å². The molecule has 4 N–H and O–H groups in total. The number of thiazole rings is 1. The van der Waals surface area contributed by atoms with Crippen molar-refractivity contribution in [1.82, 2.24) is 9.88 Å². The van der Waals surface area contributed by atoms with E-state index < -0.39 is 41.0 Å². The summed E-state index contributed by atoms with van der Waals surface area (Å²) in [6.07, 6.45) is -0.204. The lowest BCUT2D eigenvalue weighted by molar-refractivity contribution is -0.0570. The molecule has 0 aliphatic carbocycles. The van der Waals surface area contributed by atoms with E-state index >= 15 is 0 Å². The number of hydrogen-bond acceptors (Lipinski definition) is 8. The summed E-state index contributed by atoms with van der Waals surface area (Å²) < 4.78 is 56.5. The Bertz CT molecular complexity index is 1360. The highest BCUT2D eigenvalue weighted by molar-refractivity contribution is 7.93. The van der Waals surface area contributed by atoms with Crippen LogP contribution in [0.4, 0.5) is 24.0 Å². The number of nitrogens with one attached hydrogen (secondary N) is 1. The van der Waals surface area contributed by atoms with Crippen LogP contribution >= 0.6 is 11.3 Å². The smallest absolute Gasteiger partial charge is 0.255 e. The number of anilines is 2. The van der Waals surface area contributed by atoms with Crippen LogP contribution in [0.5, 0.6) is 0 Å². The van der Waals surface area contributed by atoms with Crippen molar-refractivity contribution in [1.29, 1.82) is 5.26 Å². The first kappa shape index (κ1) is 27.0. The number of nitriles is 1. The highest BCUT2D eigenvalue weighted by atomic mass is 32.2. The average molecular weight is 552 g/mol. The predicted molar refractivity (Wildman–Crippen MR) is 135 cm³/mol. The standard InChI is InChI=1S/C24H24F3N5O3S2/c1-23(26,27)4-5-24(34)6-8-32(9-7-24)21(33)17-3-2-16(10-14(17)13-28)31-37(35)19-12-15(25)11-18-20(19)30-22(29)36-18/h2-3,10-12,31,34H,4-9H2,1H3,(H2,29,30). The van der Waals surface area contributed by atoms with Gasteiger partial charge in [0.15, 0.2) is 5.13 Å². The second kappa shape index (κ2) is 10.4. The van der Waals surface area contributed by atoms with E-state index in [1.807, 2.05) is 6.07 Å². The number of nitrogens with two attached hydrogens (primary N) is 1. The summed E-state index contributed by atoms with van der Waals surface area (Å²) in [6.45, 7) is 1.12. The largest absolute Gasteiger partial charge is 0.588 e. The van der Waals surface area contributed by atoms with E-state index in [0.29, 0.717) is 10.2 Å². The molecule has 2 heterocycles. The predicted octanol–water partition coefficient (Wildman–Crippen LogP) is 4.43. The van der Waals surface area contributed by atoms with Crippen molar-refractivity contribution in [3.8, 4) is 6.07 Å². The summed E-state index contributed by atoms with van der Waals surface area (Å²) in [6, 6.07) is 8.55. The van der Waals surface area contributed by atoms with Crippen molar-refractivity contribution in [2.45, 2.75) is 49.0 Å². The van der Waals surface area contributed by atoms with Crippen LogP contribution in [-0.2, 0) is 11.4 Å². The number of carbonyl (C=O) groups is 1. The topological polar surface area (TPSA) is 138 Å². The zero-order chi connectivity index (χ0) is 27.0. The Balaban J connectivity index is 1.46. The van der Waals surface area contributed by atoms with Gasteiger partial charge < -0.3 is 20.3 Å². The Labute approximate surface area is 218 Å². The molecule has 0 radical (unpaired) electrons. The van der Waals surface area contributed by atoms with Gasteiger partial charge >= 0.3 is 0 Å². The van der Waals surface area contributed by atoms with Crippen molar-refractivity contribution < 1.29 is 27.6 Å². The number of piperidine rings is 1. The molecule has 1 atom stereocenters. The van der Waals surface area contributed by atoms with Crippen molar-refractivity contribution in [2.24, 2.45) is 0 Å². The molecule has 8 nitrogen and oxygen atoms in total. The van der Waals surface area contributed by atoms with Gasteiger partial charge in [0, 0.05) is 25.6 Å². The third kappa shape index (κ3) is 6.27. The minimum atomic E-state index is -2.88. The lowest BCUT2D eigenvalue weighted by Crippen LogP contribution is -2.47. The molecule has 1 amide bonds. The Hall–Kier alpha value is -3.05. The van der Waals surface area contributed by atoms with Crippen LogP contribution in [0, 0.1) is 17.1 Å². The van der Waals surface area contributed by atoms with E-state index in [1.165, 1.54) is 29.2 Å². The molecule has 1 fully saturated rings. The zero-order valence-electron chi connectivity index (χ0n) is 19.8. The van der Waals surface area contributed by atoms with Crippen molar-refractivity contribution >= 4 is 49.6 Å². The van der Waals surface area contributed by atoms with Gasteiger partial charge in [-0.25, -0.2) is 22.9 Å². The van der Waals surface area contributed by atoms with Gasteiger partial charge in [0.1, 0.15) is 28.8 Å². The van der Waals surface area contributed by atoms with Crippen molar-refractivity contribution in [3.05, 3.63) is 47.3 Å². The van der Waals surface area contributed by atoms with E-state index in [4.69, 9.17) is 5.73 Å². The monoisotopic (exact) mass is 551 g/mol. The number of rotatable bonds is 7. The normalized spacial score (nSPS) is 16.4. The molecule has 0 saturated carbocycles. The molecule has 0 spiro atoms. The minimum absolute atomic E-state index is 0.0285.